The molecule has 3 heterocycles. The minimum absolute atomic E-state index is 0.0130. The van der Waals surface area contributed by atoms with E-state index < -0.39 is 0 Å². The van der Waals surface area contributed by atoms with Gasteiger partial charge in [0, 0.05) is 38.8 Å². The molecule has 1 atom stereocenters. The standard InChI is InChI=1S/C22H25N5O2/c1-15-25-19-12-16(8-9-20(19)26(15)2)13-24-22(29)27-11-5-6-17(14-27)21(28)18-7-3-4-10-23-18/h3-4,7-10,12,17H,5-6,11,13-14H2,1-2H3,(H,24,29)/t17-/m0/s1. The lowest BCUT2D eigenvalue weighted by molar-refractivity contribution is 0.0840. The molecule has 3 aromatic rings. The van der Waals surface area contributed by atoms with Crippen LogP contribution in [-0.2, 0) is 13.6 Å². The predicted molar refractivity (Wildman–Crippen MR) is 111 cm³/mol. The van der Waals surface area contributed by atoms with Gasteiger partial charge >= 0.3 is 6.03 Å². The Labute approximate surface area is 169 Å². The van der Waals surface area contributed by atoms with Crippen molar-refractivity contribution in [1.82, 2.24) is 24.8 Å². The third kappa shape index (κ3) is 3.99. The molecule has 0 bridgehead atoms. The van der Waals surface area contributed by atoms with Gasteiger partial charge in [0.15, 0.2) is 5.78 Å². The number of amides is 2. The van der Waals surface area contributed by atoms with Crippen molar-refractivity contribution in [2.24, 2.45) is 13.0 Å². The highest BCUT2D eigenvalue weighted by Crippen LogP contribution is 2.21. The third-order valence-corrected chi connectivity index (χ3v) is 5.61. The Morgan fingerprint density at radius 1 is 1.24 bits per heavy atom. The Bertz CT molecular complexity index is 1040. The lowest BCUT2D eigenvalue weighted by Crippen LogP contribution is -2.46. The molecule has 0 radical (unpaired) electrons. The zero-order valence-corrected chi connectivity index (χ0v) is 16.8. The van der Waals surface area contributed by atoms with Gasteiger partial charge in [0.2, 0.25) is 0 Å². The Hall–Kier alpha value is -3.22. The van der Waals surface area contributed by atoms with E-state index in [-0.39, 0.29) is 17.7 Å². The van der Waals surface area contributed by atoms with Crippen LogP contribution in [0.25, 0.3) is 11.0 Å². The molecule has 2 amide bonds. The number of carbonyl (C=O) groups is 2. The van der Waals surface area contributed by atoms with Crippen molar-refractivity contribution in [2.45, 2.75) is 26.3 Å². The number of hydrogen-bond donors (Lipinski definition) is 1. The Balaban J connectivity index is 1.37. The summed E-state index contributed by atoms with van der Waals surface area (Å²) in [7, 11) is 1.99. The van der Waals surface area contributed by atoms with Crippen LogP contribution < -0.4 is 5.32 Å². The first-order valence-electron chi connectivity index (χ1n) is 9.93. The highest BCUT2D eigenvalue weighted by atomic mass is 16.2. The van der Waals surface area contributed by atoms with Crippen molar-refractivity contribution in [3.8, 4) is 0 Å². The number of rotatable bonds is 4. The van der Waals surface area contributed by atoms with E-state index in [1.165, 1.54) is 0 Å². The van der Waals surface area contributed by atoms with Crippen molar-refractivity contribution in [2.75, 3.05) is 13.1 Å². The van der Waals surface area contributed by atoms with Gasteiger partial charge in [-0.25, -0.2) is 9.78 Å². The van der Waals surface area contributed by atoms with Crippen LogP contribution in [0.5, 0.6) is 0 Å². The van der Waals surface area contributed by atoms with Gasteiger partial charge in [-0.05, 0) is 49.6 Å². The second-order valence-corrected chi connectivity index (χ2v) is 7.56. The van der Waals surface area contributed by atoms with Crippen molar-refractivity contribution < 1.29 is 9.59 Å². The molecule has 0 aliphatic carbocycles. The number of piperidine rings is 1. The van der Waals surface area contributed by atoms with Gasteiger partial charge in [0.25, 0.3) is 0 Å². The number of urea groups is 1. The number of nitrogens with one attached hydrogen (secondary N) is 1. The Kier molecular flexibility index (Phi) is 5.29. The fraction of sp³-hybridized carbons (Fsp3) is 0.364. The fourth-order valence-corrected chi connectivity index (χ4v) is 3.86. The Morgan fingerprint density at radius 2 is 2.10 bits per heavy atom. The normalized spacial score (nSPS) is 16.8. The molecule has 7 heteroatoms. The van der Waals surface area contributed by atoms with Crippen molar-refractivity contribution in [3.63, 3.8) is 0 Å². The molecule has 7 nitrogen and oxygen atoms in total. The van der Waals surface area contributed by atoms with Crippen LogP contribution in [0.15, 0.2) is 42.6 Å². The number of pyridine rings is 1. The summed E-state index contributed by atoms with van der Waals surface area (Å²) in [5.74, 6) is 0.773. The van der Waals surface area contributed by atoms with Gasteiger partial charge in [-0.1, -0.05) is 12.1 Å². The molecule has 0 spiro atoms. The van der Waals surface area contributed by atoms with Crippen LogP contribution in [0.3, 0.4) is 0 Å². The zero-order chi connectivity index (χ0) is 20.4. The second kappa shape index (κ2) is 8.03. The van der Waals surface area contributed by atoms with E-state index in [1.807, 2.05) is 42.8 Å². The van der Waals surface area contributed by atoms with Gasteiger partial charge in [0.1, 0.15) is 11.5 Å². The summed E-state index contributed by atoms with van der Waals surface area (Å²) in [5, 5.41) is 2.98. The van der Waals surface area contributed by atoms with Gasteiger partial charge in [-0.15, -0.1) is 0 Å². The number of ketones is 1. The quantitative estimate of drug-likeness (QED) is 0.693. The lowest BCUT2D eigenvalue weighted by atomic mass is 9.92. The van der Waals surface area contributed by atoms with Crippen molar-refractivity contribution in [1.29, 1.82) is 0 Å². The van der Waals surface area contributed by atoms with Crippen LogP contribution in [0, 0.1) is 12.8 Å². The van der Waals surface area contributed by atoms with Crippen LogP contribution in [0.4, 0.5) is 4.79 Å². The Morgan fingerprint density at radius 3 is 2.90 bits per heavy atom. The van der Waals surface area contributed by atoms with Crippen LogP contribution >= 0.6 is 0 Å². The monoisotopic (exact) mass is 391 g/mol. The van der Waals surface area contributed by atoms with E-state index >= 15 is 0 Å². The summed E-state index contributed by atoms with van der Waals surface area (Å²) in [6.45, 7) is 3.50. The van der Waals surface area contributed by atoms with E-state index in [4.69, 9.17) is 0 Å². The maximum absolute atomic E-state index is 12.7. The molecule has 1 aliphatic heterocycles. The number of aryl methyl sites for hydroxylation is 2. The smallest absolute Gasteiger partial charge is 0.317 e. The average Bonchev–Trinajstić information content (AvgIpc) is 3.05. The largest absolute Gasteiger partial charge is 0.334 e. The number of likely N-dealkylation sites (tertiary alicyclic amines) is 1. The molecule has 1 saturated heterocycles. The first-order chi connectivity index (χ1) is 14.0. The summed E-state index contributed by atoms with van der Waals surface area (Å²) < 4.78 is 2.05. The second-order valence-electron chi connectivity index (χ2n) is 7.56. The van der Waals surface area contributed by atoms with Gasteiger partial charge in [-0.2, -0.15) is 0 Å². The number of carbonyl (C=O) groups excluding carboxylic acids is 2. The molecule has 150 valence electrons. The number of hydrogen-bond acceptors (Lipinski definition) is 4. The molecular formula is C22H25N5O2. The number of imidazole rings is 1. The maximum Gasteiger partial charge on any atom is 0.317 e. The van der Waals surface area contributed by atoms with E-state index in [1.54, 1.807) is 23.2 Å². The average molecular weight is 391 g/mol. The van der Waals surface area contributed by atoms with Crippen molar-refractivity contribution in [3.05, 3.63) is 59.7 Å². The molecule has 4 rings (SSSR count). The molecule has 0 saturated carbocycles. The molecule has 1 aromatic carbocycles. The summed E-state index contributed by atoms with van der Waals surface area (Å²) in [6.07, 6.45) is 3.23. The maximum atomic E-state index is 12.7. The molecular weight excluding hydrogens is 366 g/mol. The predicted octanol–water partition coefficient (Wildman–Crippen LogP) is 3.08. The minimum atomic E-state index is -0.197. The SMILES string of the molecule is Cc1nc2cc(CNC(=O)N3CCC[C@H](C(=O)c4ccccn4)C3)ccc2n1C. The van der Waals surface area contributed by atoms with Gasteiger partial charge in [-0.3, -0.25) is 9.78 Å². The van der Waals surface area contributed by atoms with E-state index in [2.05, 4.69) is 15.3 Å². The topological polar surface area (TPSA) is 80.1 Å². The highest BCUT2D eigenvalue weighted by molar-refractivity contribution is 5.96. The minimum Gasteiger partial charge on any atom is -0.334 e. The molecule has 29 heavy (non-hydrogen) atoms. The van der Waals surface area contributed by atoms with E-state index in [0.717, 1.165) is 35.3 Å². The van der Waals surface area contributed by atoms with Crippen LogP contribution in [0.2, 0.25) is 0 Å². The highest BCUT2D eigenvalue weighted by Gasteiger charge is 2.29. The number of nitrogens with zero attached hydrogens (tertiary/aromatic N) is 4. The molecule has 1 fully saturated rings. The summed E-state index contributed by atoms with van der Waals surface area (Å²) in [4.78, 5) is 35.8. The van der Waals surface area contributed by atoms with Crippen LogP contribution in [-0.4, -0.2) is 44.3 Å². The number of Topliss-reactive ketones (excluding diaryl/α,β-unsaturated/α-hetero) is 1. The fourth-order valence-electron chi connectivity index (χ4n) is 3.86. The summed E-state index contributed by atoms with van der Waals surface area (Å²) >= 11 is 0. The van der Waals surface area contributed by atoms with Gasteiger partial charge in [0.05, 0.1) is 11.0 Å². The number of fused-ring (bicyclic) bond motifs is 1. The van der Waals surface area contributed by atoms with Gasteiger partial charge < -0.3 is 14.8 Å². The first kappa shape index (κ1) is 19.1. The summed E-state index contributed by atoms with van der Waals surface area (Å²) in [6, 6.07) is 11.2. The molecule has 1 aliphatic rings. The summed E-state index contributed by atoms with van der Waals surface area (Å²) in [5.41, 5.74) is 3.47. The zero-order valence-electron chi connectivity index (χ0n) is 16.8. The first-order valence-corrected chi connectivity index (χ1v) is 9.93. The lowest BCUT2D eigenvalue weighted by Gasteiger charge is -2.32. The van der Waals surface area contributed by atoms with E-state index in [9.17, 15) is 9.59 Å². The molecule has 0 unspecified atom stereocenters. The molecule has 2 aromatic heterocycles. The third-order valence-electron chi connectivity index (χ3n) is 5.61. The number of benzene rings is 1. The molecule has 1 N–H and O–H groups in total. The van der Waals surface area contributed by atoms with Crippen LogP contribution in [0.1, 0.15) is 34.7 Å². The van der Waals surface area contributed by atoms with E-state index in [0.29, 0.717) is 25.3 Å². The van der Waals surface area contributed by atoms with Crippen molar-refractivity contribution >= 4 is 22.8 Å². The number of aromatic nitrogens is 3.